The largest absolute Gasteiger partial charge is 0.373 e. The van der Waals surface area contributed by atoms with E-state index < -0.39 is 0 Å². The van der Waals surface area contributed by atoms with Crippen LogP contribution in [0.5, 0.6) is 0 Å². The molecule has 1 saturated heterocycles. The van der Waals surface area contributed by atoms with Crippen molar-refractivity contribution < 1.29 is 4.74 Å². The van der Waals surface area contributed by atoms with Crippen LogP contribution in [0.15, 0.2) is 24.5 Å². The van der Waals surface area contributed by atoms with Gasteiger partial charge in [0, 0.05) is 18.8 Å². The summed E-state index contributed by atoms with van der Waals surface area (Å²) >= 11 is 0. The summed E-state index contributed by atoms with van der Waals surface area (Å²) in [4.78, 5) is 4.01. The molecule has 1 aromatic heterocycles. The Balaban J connectivity index is 2.03. The van der Waals surface area contributed by atoms with Crippen molar-refractivity contribution in [1.82, 2.24) is 4.98 Å². The quantitative estimate of drug-likeness (QED) is 0.566. The number of nitrogens with zero attached hydrogens (tertiary/aromatic N) is 1. The number of aromatic nitrogens is 1. The van der Waals surface area contributed by atoms with E-state index in [0.29, 0.717) is 6.10 Å². The summed E-state index contributed by atoms with van der Waals surface area (Å²) in [7, 11) is 0. The van der Waals surface area contributed by atoms with Gasteiger partial charge in [-0.1, -0.05) is 6.07 Å². The summed E-state index contributed by atoms with van der Waals surface area (Å²) < 4.78 is 5.08. The topological polar surface area (TPSA) is 25.4 Å². The summed E-state index contributed by atoms with van der Waals surface area (Å²) in [6, 6.07) is 4.03. The van der Waals surface area contributed by atoms with Crippen LogP contribution in [0.2, 0.25) is 0 Å². The maximum Gasteiger partial charge on any atom is 0.0850 e. The summed E-state index contributed by atoms with van der Waals surface area (Å²) in [6.07, 6.45) is 5.18. The van der Waals surface area contributed by atoms with Gasteiger partial charge in [0.25, 0.3) is 0 Å². The molecule has 2 heterocycles. The minimum atomic E-state index is 0.476. The lowest BCUT2D eigenvalue weighted by Gasteiger charge is -1.93. The SMILES string of the molecule is c1cncc(C[C@@H]2CO2)c1. The minimum absolute atomic E-state index is 0.476. The van der Waals surface area contributed by atoms with Crippen LogP contribution >= 0.6 is 0 Å². The maximum atomic E-state index is 5.08. The lowest BCUT2D eigenvalue weighted by molar-refractivity contribution is 0.407. The molecular weight excluding hydrogens is 126 g/mol. The Morgan fingerprint density at radius 3 is 3.20 bits per heavy atom. The molecule has 2 rings (SSSR count). The molecule has 0 unspecified atom stereocenters. The number of ether oxygens (including phenoxy) is 1. The Kier molecular flexibility index (Phi) is 1.40. The molecule has 52 valence electrons. The number of hydrogen-bond donors (Lipinski definition) is 0. The van der Waals surface area contributed by atoms with Crippen molar-refractivity contribution in [1.29, 1.82) is 0 Å². The lowest BCUT2D eigenvalue weighted by atomic mass is 10.2. The van der Waals surface area contributed by atoms with Crippen LogP contribution in [0.4, 0.5) is 0 Å². The molecule has 0 radical (unpaired) electrons. The van der Waals surface area contributed by atoms with Crippen LogP contribution in [0, 0.1) is 0 Å². The first-order chi connectivity index (χ1) is 4.95. The van der Waals surface area contributed by atoms with Crippen LogP contribution in [0.3, 0.4) is 0 Å². The van der Waals surface area contributed by atoms with E-state index in [2.05, 4.69) is 11.1 Å². The van der Waals surface area contributed by atoms with Gasteiger partial charge in [-0.15, -0.1) is 0 Å². The van der Waals surface area contributed by atoms with Gasteiger partial charge in [-0.2, -0.15) is 0 Å². The number of hydrogen-bond acceptors (Lipinski definition) is 2. The maximum absolute atomic E-state index is 5.08. The molecule has 0 bridgehead atoms. The predicted molar refractivity (Wildman–Crippen MR) is 37.7 cm³/mol. The molecule has 0 saturated carbocycles. The fourth-order valence-corrected chi connectivity index (χ4v) is 0.968. The Bertz CT molecular complexity index is 206. The zero-order chi connectivity index (χ0) is 6.81. The normalized spacial score (nSPS) is 22.6. The van der Waals surface area contributed by atoms with E-state index in [1.165, 1.54) is 5.56 Å². The highest BCUT2D eigenvalue weighted by molar-refractivity contribution is 5.10. The van der Waals surface area contributed by atoms with Crippen molar-refractivity contribution in [3.63, 3.8) is 0 Å². The van der Waals surface area contributed by atoms with E-state index in [1.807, 2.05) is 12.3 Å². The second kappa shape index (κ2) is 2.39. The van der Waals surface area contributed by atoms with Crippen LogP contribution in [-0.2, 0) is 11.2 Å². The molecule has 0 N–H and O–H groups in total. The van der Waals surface area contributed by atoms with Crippen LogP contribution in [0.25, 0.3) is 0 Å². The second-order valence-corrected chi connectivity index (χ2v) is 2.52. The molecule has 1 aliphatic rings. The molecule has 0 amide bonds. The van der Waals surface area contributed by atoms with Crippen molar-refractivity contribution in [3.8, 4) is 0 Å². The molecule has 2 nitrogen and oxygen atoms in total. The summed E-state index contributed by atoms with van der Waals surface area (Å²) in [5.74, 6) is 0. The Hall–Kier alpha value is -0.890. The zero-order valence-electron chi connectivity index (χ0n) is 5.66. The van der Waals surface area contributed by atoms with Gasteiger partial charge in [-0.3, -0.25) is 4.98 Å². The van der Waals surface area contributed by atoms with Crippen LogP contribution in [0.1, 0.15) is 5.56 Å². The fourth-order valence-electron chi connectivity index (χ4n) is 0.968. The summed E-state index contributed by atoms with van der Waals surface area (Å²) in [5.41, 5.74) is 1.27. The first-order valence-electron chi connectivity index (χ1n) is 3.45. The van der Waals surface area contributed by atoms with Gasteiger partial charge in [0.1, 0.15) is 0 Å². The van der Waals surface area contributed by atoms with Gasteiger partial charge < -0.3 is 4.74 Å². The predicted octanol–water partition coefficient (Wildman–Crippen LogP) is 1.02. The van der Waals surface area contributed by atoms with Gasteiger partial charge in [0.05, 0.1) is 12.7 Å². The molecule has 1 atom stereocenters. The highest BCUT2D eigenvalue weighted by Crippen LogP contribution is 2.14. The third-order valence-corrected chi connectivity index (χ3v) is 1.59. The monoisotopic (exact) mass is 135 g/mol. The van der Waals surface area contributed by atoms with Gasteiger partial charge in [0.2, 0.25) is 0 Å². The van der Waals surface area contributed by atoms with Crippen LogP contribution in [-0.4, -0.2) is 17.7 Å². The average Bonchev–Trinajstić information content (AvgIpc) is 2.74. The van der Waals surface area contributed by atoms with E-state index >= 15 is 0 Å². The Morgan fingerprint density at radius 1 is 1.70 bits per heavy atom. The molecule has 1 aromatic rings. The molecule has 10 heavy (non-hydrogen) atoms. The molecule has 0 spiro atoms. The van der Waals surface area contributed by atoms with E-state index in [-0.39, 0.29) is 0 Å². The molecule has 2 heteroatoms. The van der Waals surface area contributed by atoms with Gasteiger partial charge in [-0.25, -0.2) is 0 Å². The Labute approximate surface area is 59.9 Å². The second-order valence-electron chi connectivity index (χ2n) is 2.52. The van der Waals surface area contributed by atoms with E-state index in [9.17, 15) is 0 Å². The average molecular weight is 135 g/mol. The first-order valence-corrected chi connectivity index (χ1v) is 3.45. The van der Waals surface area contributed by atoms with Gasteiger partial charge in [-0.05, 0) is 11.6 Å². The number of epoxide rings is 1. The molecule has 1 aliphatic heterocycles. The molecule has 0 aliphatic carbocycles. The number of rotatable bonds is 2. The van der Waals surface area contributed by atoms with Crippen LogP contribution < -0.4 is 0 Å². The highest BCUT2D eigenvalue weighted by atomic mass is 16.6. The summed E-state index contributed by atoms with van der Waals surface area (Å²) in [5, 5.41) is 0. The third kappa shape index (κ3) is 1.33. The minimum Gasteiger partial charge on any atom is -0.373 e. The van der Waals surface area contributed by atoms with E-state index in [4.69, 9.17) is 4.74 Å². The molecule has 0 aromatic carbocycles. The van der Waals surface area contributed by atoms with Gasteiger partial charge >= 0.3 is 0 Å². The molecule has 1 fully saturated rings. The Morgan fingerprint density at radius 2 is 2.60 bits per heavy atom. The zero-order valence-corrected chi connectivity index (χ0v) is 5.66. The standard InChI is InChI=1S/C8H9NO/c1-2-7(5-9-3-1)4-8-6-10-8/h1-3,5,8H,4,6H2/t8-/m1/s1. The fraction of sp³-hybridized carbons (Fsp3) is 0.375. The highest BCUT2D eigenvalue weighted by Gasteiger charge is 2.22. The van der Waals surface area contributed by atoms with Crippen molar-refractivity contribution in [2.45, 2.75) is 12.5 Å². The van der Waals surface area contributed by atoms with E-state index in [0.717, 1.165) is 13.0 Å². The van der Waals surface area contributed by atoms with E-state index in [1.54, 1.807) is 6.20 Å². The van der Waals surface area contributed by atoms with Crippen molar-refractivity contribution in [3.05, 3.63) is 30.1 Å². The molecular formula is C8H9NO. The number of pyridine rings is 1. The first kappa shape index (κ1) is 5.86. The summed E-state index contributed by atoms with van der Waals surface area (Å²) in [6.45, 7) is 0.925. The van der Waals surface area contributed by atoms with Crippen molar-refractivity contribution >= 4 is 0 Å². The van der Waals surface area contributed by atoms with Gasteiger partial charge in [0.15, 0.2) is 0 Å². The lowest BCUT2D eigenvalue weighted by Crippen LogP contribution is -1.92. The van der Waals surface area contributed by atoms with Crippen molar-refractivity contribution in [2.75, 3.05) is 6.61 Å². The van der Waals surface area contributed by atoms with Crippen molar-refractivity contribution in [2.24, 2.45) is 0 Å². The smallest absolute Gasteiger partial charge is 0.0850 e. The third-order valence-electron chi connectivity index (χ3n) is 1.59.